The fourth-order valence-electron chi connectivity index (χ4n) is 2.48. The van der Waals surface area contributed by atoms with E-state index in [4.69, 9.17) is 5.73 Å². The van der Waals surface area contributed by atoms with Gasteiger partial charge in [0.15, 0.2) is 0 Å². The van der Waals surface area contributed by atoms with E-state index in [1.165, 1.54) is 32.1 Å². The monoisotopic (exact) mass is 184 g/mol. The highest BCUT2D eigenvalue weighted by atomic mass is 15.2. The first-order valence-corrected chi connectivity index (χ1v) is 5.59. The Morgan fingerprint density at radius 3 is 2.31 bits per heavy atom. The van der Waals surface area contributed by atoms with Crippen molar-refractivity contribution in [1.82, 2.24) is 4.90 Å². The van der Waals surface area contributed by atoms with Gasteiger partial charge in [-0.2, -0.15) is 0 Å². The zero-order valence-electron chi connectivity index (χ0n) is 9.34. The third kappa shape index (κ3) is 2.05. The van der Waals surface area contributed by atoms with Gasteiger partial charge in [0.1, 0.15) is 0 Å². The Kier molecular flexibility index (Phi) is 3.74. The van der Waals surface area contributed by atoms with Gasteiger partial charge in [-0.3, -0.25) is 4.90 Å². The first-order valence-electron chi connectivity index (χ1n) is 5.59. The van der Waals surface area contributed by atoms with Crippen molar-refractivity contribution in [2.24, 2.45) is 5.73 Å². The van der Waals surface area contributed by atoms with E-state index in [1.54, 1.807) is 0 Å². The molecular formula is C11H24N2. The maximum atomic E-state index is 5.92. The van der Waals surface area contributed by atoms with Crippen LogP contribution < -0.4 is 5.73 Å². The molecule has 0 radical (unpaired) electrons. The summed E-state index contributed by atoms with van der Waals surface area (Å²) in [6.45, 7) is 5.38. The summed E-state index contributed by atoms with van der Waals surface area (Å²) in [4.78, 5) is 2.51. The smallest absolute Gasteiger partial charge is 0.0331 e. The molecule has 1 saturated carbocycles. The lowest BCUT2D eigenvalue weighted by Crippen LogP contribution is -2.53. The first-order chi connectivity index (χ1) is 6.16. The van der Waals surface area contributed by atoms with Gasteiger partial charge in [0.2, 0.25) is 0 Å². The molecule has 0 heterocycles. The van der Waals surface area contributed by atoms with Crippen LogP contribution in [-0.2, 0) is 0 Å². The quantitative estimate of drug-likeness (QED) is 0.724. The second-order valence-corrected chi connectivity index (χ2v) is 4.50. The van der Waals surface area contributed by atoms with Crippen molar-refractivity contribution in [3.8, 4) is 0 Å². The van der Waals surface area contributed by atoms with E-state index in [2.05, 4.69) is 25.8 Å². The van der Waals surface area contributed by atoms with E-state index in [0.29, 0.717) is 11.6 Å². The molecule has 2 N–H and O–H groups in total. The predicted molar refractivity (Wildman–Crippen MR) is 57.8 cm³/mol. The lowest BCUT2D eigenvalue weighted by molar-refractivity contribution is 0.0877. The number of nitrogens with two attached hydrogens (primary N) is 1. The largest absolute Gasteiger partial charge is 0.329 e. The van der Waals surface area contributed by atoms with Gasteiger partial charge < -0.3 is 5.73 Å². The molecule has 1 unspecified atom stereocenters. The Hall–Kier alpha value is -0.0800. The van der Waals surface area contributed by atoms with Crippen molar-refractivity contribution in [2.45, 2.75) is 57.5 Å². The molecular weight excluding hydrogens is 160 g/mol. The van der Waals surface area contributed by atoms with E-state index in [-0.39, 0.29) is 0 Å². The van der Waals surface area contributed by atoms with Crippen LogP contribution in [0.1, 0.15) is 46.0 Å². The Morgan fingerprint density at radius 1 is 1.38 bits per heavy atom. The minimum Gasteiger partial charge on any atom is -0.329 e. The number of hydrogen-bond donors (Lipinski definition) is 1. The zero-order valence-corrected chi connectivity index (χ0v) is 9.34. The van der Waals surface area contributed by atoms with Crippen molar-refractivity contribution < 1.29 is 0 Å². The van der Waals surface area contributed by atoms with Crippen molar-refractivity contribution >= 4 is 0 Å². The summed E-state index contributed by atoms with van der Waals surface area (Å²) in [7, 11) is 2.24. The Bertz CT molecular complexity index is 150. The molecule has 78 valence electrons. The highest BCUT2D eigenvalue weighted by Crippen LogP contribution is 2.34. The van der Waals surface area contributed by atoms with E-state index in [0.717, 1.165) is 6.54 Å². The lowest BCUT2D eigenvalue weighted by Gasteiger charge is -2.41. The molecule has 2 heteroatoms. The van der Waals surface area contributed by atoms with Gasteiger partial charge in [-0.1, -0.05) is 19.8 Å². The molecule has 0 spiro atoms. The Morgan fingerprint density at radius 2 is 1.92 bits per heavy atom. The van der Waals surface area contributed by atoms with Gasteiger partial charge in [-0.15, -0.1) is 0 Å². The summed E-state index contributed by atoms with van der Waals surface area (Å²) in [6.07, 6.45) is 6.53. The van der Waals surface area contributed by atoms with Crippen LogP contribution in [0.4, 0.5) is 0 Å². The van der Waals surface area contributed by atoms with E-state index < -0.39 is 0 Å². The van der Waals surface area contributed by atoms with Gasteiger partial charge in [0, 0.05) is 18.1 Å². The molecule has 0 saturated heterocycles. The van der Waals surface area contributed by atoms with Gasteiger partial charge in [-0.05, 0) is 33.2 Å². The molecule has 0 aliphatic heterocycles. The van der Waals surface area contributed by atoms with Crippen LogP contribution in [0.15, 0.2) is 0 Å². The number of nitrogens with zero attached hydrogens (tertiary/aromatic N) is 1. The predicted octanol–water partition coefficient (Wildman–Crippen LogP) is 1.99. The molecule has 1 aliphatic rings. The van der Waals surface area contributed by atoms with Crippen LogP contribution in [0.3, 0.4) is 0 Å². The molecule has 0 aromatic rings. The van der Waals surface area contributed by atoms with Crippen LogP contribution in [0.25, 0.3) is 0 Å². The lowest BCUT2D eigenvalue weighted by atomic mass is 9.93. The zero-order chi connectivity index (χ0) is 9.90. The molecule has 2 nitrogen and oxygen atoms in total. The first kappa shape index (κ1) is 11.0. The highest BCUT2D eigenvalue weighted by Gasteiger charge is 2.37. The molecule has 13 heavy (non-hydrogen) atoms. The Labute approximate surface area is 82.5 Å². The fraction of sp³-hybridized carbons (Fsp3) is 1.00. The second-order valence-electron chi connectivity index (χ2n) is 4.50. The van der Waals surface area contributed by atoms with Crippen molar-refractivity contribution in [1.29, 1.82) is 0 Å². The van der Waals surface area contributed by atoms with Gasteiger partial charge in [-0.25, -0.2) is 0 Å². The number of hydrogen-bond acceptors (Lipinski definition) is 2. The van der Waals surface area contributed by atoms with E-state index >= 15 is 0 Å². The van der Waals surface area contributed by atoms with Crippen LogP contribution in [0, 0.1) is 0 Å². The summed E-state index contributed by atoms with van der Waals surface area (Å²) in [5.41, 5.74) is 6.25. The standard InChI is InChI=1S/C11H24N2/c1-4-10(2)13(3)11(9-12)7-5-6-8-11/h10H,4-9,12H2,1-3H3. The maximum Gasteiger partial charge on any atom is 0.0331 e. The average Bonchev–Trinajstić information content (AvgIpc) is 2.65. The molecule has 1 fully saturated rings. The van der Waals surface area contributed by atoms with Crippen LogP contribution in [0.5, 0.6) is 0 Å². The van der Waals surface area contributed by atoms with Crippen LogP contribution in [0.2, 0.25) is 0 Å². The third-order valence-corrected chi connectivity index (χ3v) is 3.91. The normalized spacial score (nSPS) is 23.8. The summed E-state index contributed by atoms with van der Waals surface area (Å²) < 4.78 is 0. The average molecular weight is 184 g/mol. The van der Waals surface area contributed by atoms with Gasteiger partial charge in [0.25, 0.3) is 0 Å². The molecule has 0 aromatic heterocycles. The van der Waals surface area contributed by atoms with E-state index in [1.807, 2.05) is 0 Å². The number of likely N-dealkylation sites (N-methyl/N-ethyl adjacent to an activating group) is 1. The maximum absolute atomic E-state index is 5.92. The summed E-state index contributed by atoms with van der Waals surface area (Å²) in [5, 5.41) is 0. The topological polar surface area (TPSA) is 29.3 Å². The van der Waals surface area contributed by atoms with Crippen LogP contribution >= 0.6 is 0 Å². The highest BCUT2D eigenvalue weighted by molar-refractivity contribution is 4.95. The van der Waals surface area contributed by atoms with Crippen molar-refractivity contribution in [3.05, 3.63) is 0 Å². The fourth-order valence-corrected chi connectivity index (χ4v) is 2.48. The summed E-state index contributed by atoms with van der Waals surface area (Å²) in [6, 6.07) is 0.668. The van der Waals surface area contributed by atoms with Crippen molar-refractivity contribution in [2.75, 3.05) is 13.6 Å². The summed E-state index contributed by atoms with van der Waals surface area (Å²) in [5.74, 6) is 0. The third-order valence-electron chi connectivity index (χ3n) is 3.91. The summed E-state index contributed by atoms with van der Waals surface area (Å²) >= 11 is 0. The molecule has 0 aromatic carbocycles. The van der Waals surface area contributed by atoms with Gasteiger partial charge in [0.05, 0.1) is 0 Å². The van der Waals surface area contributed by atoms with Gasteiger partial charge >= 0.3 is 0 Å². The van der Waals surface area contributed by atoms with Crippen LogP contribution in [-0.4, -0.2) is 30.1 Å². The minimum atomic E-state index is 0.329. The molecule has 1 atom stereocenters. The SMILES string of the molecule is CCC(C)N(C)C1(CN)CCCC1. The molecule has 0 amide bonds. The molecule has 1 rings (SSSR count). The number of rotatable bonds is 4. The molecule has 1 aliphatic carbocycles. The molecule has 0 bridgehead atoms. The van der Waals surface area contributed by atoms with E-state index in [9.17, 15) is 0 Å². The minimum absolute atomic E-state index is 0.329. The second kappa shape index (κ2) is 4.43. The van der Waals surface area contributed by atoms with Crippen molar-refractivity contribution in [3.63, 3.8) is 0 Å². The Balaban J connectivity index is 2.64.